The minimum Gasteiger partial charge on any atom is -0.463 e. The van der Waals surface area contributed by atoms with Crippen LogP contribution in [0.25, 0.3) is 0 Å². The molecule has 1 aliphatic rings. The fourth-order valence-corrected chi connectivity index (χ4v) is 2.41. The van der Waals surface area contributed by atoms with Crippen LogP contribution in [-0.4, -0.2) is 58.7 Å². The second-order valence-corrected chi connectivity index (χ2v) is 5.05. The fourth-order valence-electron chi connectivity index (χ4n) is 2.41. The van der Waals surface area contributed by atoms with E-state index in [-0.39, 0.29) is 5.95 Å². The summed E-state index contributed by atoms with van der Waals surface area (Å²) in [6.45, 7) is 10.9. The molecular weight excluding hydrogens is 256 g/mol. The minimum absolute atomic E-state index is 0.215. The summed E-state index contributed by atoms with van der Waals surface area (Å²) in [5.74, 6) is 0.831. The summed E-state index contributed by atoms with van der Waals surface area (Å²) in [4.78, 5) is 17.2. The van der Waals surface area contributed by atoms with Crippen LogP contribution in [0.1, 0.15) is 27.2 Å². The maximum absolute atomic E-state index is 5.75. The van der Waals surface area contributed by atoms with Crippen LogP contribution in [0.3, 0.4) is 0 Å². The maximum Gasteiger partial charge on any atom is 0.323 e. The SMILES string of the molecule is CCCOc1nc(N)nc(N2CCN(CC)C(C)C2)n1. The van der Waals surface area contributed by atoms with Crippen LogP contribution in [0.4, 0.5) is 11.9 Å². The number of nitrogens with two attached hydrogens (primary N) is 1. The van der Waals surface area contributed by atoms with Crippen molar-refractivity contribution >= 4 is 11.9 Å². The normalized spacial score (nSPS) is 20.1. The molecule has 0 saturated carbocycles. The quantitative estimate of drug-likeness (QED) is 0.853. The summed E-state index contributed by atoms with van der Waals surface area (Å²) in [5.41, 5.74) is 5.75. The molecule has 1 atom stereocenters. The van der Waals surface area contributed by atoms with Gasteiger partial charge in [0.05, 0.1) is 6.61 Å². The van der Waals surface area contributed by atoms with E-state index in [1.807, 2.05) is 6.92 Å². The zero-order valence-corrected chi connectivity index (χ0v) is 12.5. The van der Waals surface area contributed by atoms with Crippen molar-refractivity contribution in [2.24, 2.45) is 0 Å². The predicted octanol–water partition coefficient (Wildman–Crippen LogP) is 0.773. The molecular formula is C13H24N6O. The number of anilines is 2. The molecule has 0 amide bonds. The number of piperazine rings is 1. The summed E-state index contributed by atoms with van der Waals surface area (Å²) in [6, 6.07) is 0.798. The molecule has 1 aromatic rings. The van der Waals surface area contributed by atoms with E-state index in [4.69, 9.17) is 10.5 Å². The number of nitrogen functional groups attached to an aromatic ring is 1. The van der Waals surface area contributed by atoms with Gasteiger partial charge in [-0.25, -0.2) is 0 Å². The topological polar surface area (TPSA) is 80.4 Å². The van der Waals surface area contributed by atoms with Gasteiger partial charge in [0.1, 0.15) is 0 Å². The lowest BCUT2D eigenvalue weighted by molar-refractivity contribution is 0.198. The standard InChI is InChI=1S/C13H24N6O/c1-4-8-20-13-16-11(14)15-12(17-13)19-7-6-18(5-2)10(3)9-19/h10H,4-9H2,1-3H3,(H2,14,15,16,17). The molecule has 2 heterocycles. The lowest BCUT2D eigenvalue weighted by Crippen LogP contribution is -2.52. The molecule has 1 saturated heterocycles. The average Bonchev–Trinajstić information content (AvgIpc) is 2.44. The molecule has 20 heavy (non-hydrogen) atoms. The van der Waals surface area contributed by atoms with E-state index < -0.39 is 0 Å². The van der Waals surface area contributed by atoms with E-state index in [9.17, 15) is 0 Å². The first kappa shape index (κ1) is 14.8. The lowest BCUT2D eigenvalue weighted by atomic mass is 10.2. The first-order valence-corrected chi connectivity index (χ1v) is 7.27. The highest BCUT2D eigenvalue weighted by Crippen LogP contribution is 2.18. The summed E-state index contributed by atoms with van der Waals surface area (Å²) in [7, 11) is 0. The second-order valence-electron chi connectivity index (χ2n) is 5.05. The first-order valence-electron chi connectivity index (χ1n) is 7.27. The average molecular weight is 280 g/mol. The predicted molar refractivity (Wildman–Crippen MR) is 78.9 cm³/mol. The van der Waals surface area contributed by atoms with Crippen molar-refractivity contribution in [3.8, 4) is 6.01 Å². The Hall–Kier alpha value is -1.63. The van der Waals surface area contributed by atoms with Crippen LogP contribution in [0, 0.1) is 0 Å². The molecule has 2 N–H and O–H groups in total. The van der Waals surface area contributed by atoms with Crippen molar-refractivity contribution < 1.29 is 4.74 Å². The van der Waals surface area contributed by atoms with Gasteiger partial charge in [-0.15, -0.1) is 0 Å². The van der Waals surface area contributed by atoms with Crippen molar-refractivity contribution in [2.75, 3.05) is 43.4 Å². The molecule has 1 fully saturated rings. The van der Waals surface area contributed by atoms with Gasteiger partial charge < -0.3 is 15.4 Å². The van der Waals surface area contributed by atoms with Crippen molar-refractivity contribution in [3.63, 3.8) is 0 Å². The van der Waals surface area contributed by atoms with Crippen LogP contribution >= 0.6 is 0 Å². The van der Waals surface area contributed by atoms with Gasteiger partial charge >= 0.3 is 6.01 Å². The molecule has 0 bridgehead atoms. The van der Waals surface area contributed by atoms with Gasteiger partial charge in [-0.1, -0.05) is 13.8 Å². The summed E-state index contributed by atoms with van der Waals surface area (Å²) in [6.07, 6.45) is 0.910. The van der Waals surface area contributed by atoms with Gasteiger partial charge in [-0.2, -0.15) is 15.0 Å². The van der Waals surface area contributed by atoms with Crippen molar-refractivity contribution in [2.45, 2.75) is 33.2 Å². The van der Waals surface area contributed by atoms with Crippen molar-refractivity contribution in [1.82, 2.24) is 19.9 Å². The van der Waals surface area contributed by atoms with E-state index >= 15 is 0 Å². The van der Waals surface area contributed by atoms with Crippen LogP contribution in [0.5, 0.6) is 6.01 Å². The molecule has 1 aliphatic heterocycles. The number of nitrogens with zero attached hydrogens (tertiary/aromatic N) is 5. The Balaban J connectivity index is 2.10. The smallest absolute Gasteiger partial charge is 0.323 e. The third-order valence-corrected chi connectivity index (χ3v) is 3.51. The highest BCUT2D eigenvalue weighted by molar-refractivity contribution is 5.36. The number of aromatic nitrogens is 3. The van der Waals surface area contributed by atoms with Gasteiger partial charge in [0.25, 0.3) is 0 Å². The number of rotatable bonds is 5. The zero-order chi connectivity index (χ0) is 14.5. The van der Waals surface area contributed by atoms with Crippen LogP contribution in [0.15, 0.2) is 0 Å². The first-order chi connectivity index (χ1) is 9.63. The number of hydrogen-bond donors (Lipinski definition) is 1. The number of ether oxygens (including phenoxy) is 1. The van der Waals surface area contributed by atoms with Gasteiger partial charge in [0.15, 0.2) is 0 Å². The Labute approximate surface area is 120 Å². The fraction of sp³-hybridized carbons (Fsp3) is 0.769. The minimum atomic E-state index is 0.215. The Bertz CT molecular complexity index is 441. The van der Waals surface area contributed by atoms with Crippen LogP contribution in [0.2, 0.25) is 0 Å². The van der Waals surface area contributed by atoms with E-state index in [0.717, 1.165) is 32.6 Å². The summed E-state index contributed by atoms with van der Waals surface area (Å²) in [5, 5.41) is 0. The molecule has 7 nitrogen and oxygen atoms in total. The third kappa shape index (κ3) is 3.47. The highest BCUT2D eigenvalue weighted by Gasteiger charge is 2.24. The van der Waals surface area contributed by atoms with Gasteiger partial charge in [0.2, 0.25) is 11.9 Å². The van der Waals surface area contributed by atoms with Gasteiger partial charge in [-0.3, -0.25) is 4.90 Å². The molecule has 0 aromatic carbocycles. The lowest BCUT2D eigenvalue weighted by Gasteiger charge is -2.39. The van der Waals surface area contributed by atoms with E-state index in [1.54, 1.807) is 0 Å². The van der Waals surface area contributed by atoms with E-state index in [1.165, 1.54) is 0 Å². The second kappa shape index (κ2) is 6.69. The number of hydrogen-bond acceptors (Lipinski definition) is 7. The molecule has 0 aliphatic carbocycles. The Morgan fingerprint density at radius 1 is 1.25 bits per heavy atom. The van der Waals surface area contributed by atoms with Gasteiger partial charge in [0, 0.05) is 25.7 Å². The van der Waals surface area contributed by atoms with Gasteiger partial charge in [-0.05, 0) is 19.9 Å². The largest absolute Gasteiger partial charge is 0.463 e. The molecule has 7 heteroatoms. The molecule has 112 valence electrons. The van der Waals surface area contributed by atoms with E-state index in [0.29, 0.717) is 24.6 Å². The Kier molecular flexibility index (Phi) is 4.94. The molecule has 1 aromatic heterocycles. The zero-order valence-electron chi connectivity index (χ0n) is 12.5. The Morgan fingerprint density at radius 3 is 2.70 bits per heavy atom. The Morgan fingerprint density at radius 2 is 2.05 bits per heavy atom. The van der Waals surface area contributed by atoms with E-state index in [2.05, 4.69) is 38.6 Å². The summed E-state index contributed by atoms with van der Waals surface area (Å²) < 4.78 is 5.46. The highest BCUT2D eigenvalue weighted by atomic mass is 16.5. The van der Waals surface area contributed by atoms with Crippen LogP contribution in [-0.2, 0) is 0 Å². The molecule has 2 rings (SSSR count). The summed E-state index contributed by atoms with van der Waals surface area (Å²) >= 11 is 0. The van der Waals surface area contributed by atoms with Crippen molar-refractivity contribution in [1.29, 1.82) is 0 Å². The number of likely N-dealkylation sites (N-methyl/N-ethyl adjacent to an activating group) is 1. The maximum atomic E-state index is 5.75. The molecule has 0 spiro atoms. The monoisotopic (exact) mass is 280 g/mol. The van der Waals surface area contributed by atoms with Crippen LogP contribution < -0.4 is 15.4 Å². The third-order valence-electron chi connectivity index (χ3n) is 3.51. The molecule has 0 radical (unpaired) electrons. The van der Waals surface area contributed by atoms with Crippen molar-refractivity contribution in [3.05, 3.63) is 0 Å². The molecule has 1 unspecified atom stereocenters.